The van der Waals surface area contributed by atoms with Crippen molar-refractivity contribution in [3.8, 4) is 0 Å². The standard InChI is InChI=1S/C22H21FN4O/c1-14(28)27-12-16-11-26(22-18-6-3-8-24-20(18)7-9-25-22)13-19(16)21(27)15-4-2-5-17(23)10-15/h2-10,16,19,21H,11-13H2,1H3/t16-,19-,21-/m1/s1. The van der Waals surface area contributed by atoms with Gasteiger partial charge in [-0.15, -0.1) is 0 Å². The Kier molecular flexibility index (Phi) is 4.00. The molecule has 3 atom stereocenters. The van der Waals surface area contributed by atoms with Crippen LogP contribution in [0.15, 0.2) is 54.9 Å². The fourth-order valence-electron chi connectivity index (χ4n) is 4.90. The number of benzene rings is 1. The van der Waals surface area contributed by atoms with Gasteiger partial charge in [-0.2, -0.15) is 0 Å². The van der Waals surface area contributed by atoms with E-state index in [1.54, 1.807) is 31.5 Å². The summed E-state index contributed by atoms with van der Waals surface area (Å²) in [6, 6.07) is 12.4. The van der Waals surface area contributed by atoms with Gasteiger partial charge in [-0.05, 0) is 35.9 Å². The molecule has 0 radical (unpaired) electrons. The molecule has 5 rings (SSSR count). The molecule has 0 saturated carbocycles. The zero-order valence-corrected chi connectivity index (χ0v) is 15.6. The number of halogens is 1. The number of pyridine rings is 2. The number of carbonyl (C=O) groups excluding carboxylic acids is 1. The van der Waals surface area contributed by atoms with Crippen molar-refractivity contribution in [1.82, 2.24) is 14.9 Å². The van der Waals surface area contributed by atoms with Crippen LogP contribution in [0.2, 0.25) is 0 Å². The van der Waals surface area contributed by atoms with E-state index >= 15 is 0 Å². The minimum Gasteiger partial charge on any atom is -0.355 e. The molecule has 0 unspecified atom stereocenters. The lowest BCUT2D eigenvalue weighted by atomic mass is 9.89. The average molecular weight is 376 g/mol. The number of carbonyl (C=O) groups is 1. The molecule has 3 aromatic rings. The van der Waals surface area contributed by atoms with Crippen LogP contribution < -0.4 is 4.90 Å². The molecule has 2 aromatic heterocycles. The van der Waals surface area contributed by atoms with E-state index in [0.29, 0.717) is 12.5 Å². The summed E-state index contributed by atoms with van der Waals surface area (Å²) in [7, 11) is 0. The molecule has 2 saturated heterocycles. The predicted molar refractivity (Wildman–Crippen MR) is 105 cm³/mol. The van der Waals surface area contributed by atoms with Crippen LogP contribution in [0.5, 0.6) is 0 Å². The van der Waals surface area contributed by atoms with Crippen molar-refractivity contribution in [3.05, 3.63) is 66.2 Å². The van der Waals surface area contributed by atoms with E-state index in [9.17, 15) is 9.18 Å². The van der Waals surface area contributed by atoms with Crippen molar-refractivity contribution >= 4 is 22.6 Å². The monoisotopic (exact) mass is 376 g/mol. The van der Waals surface area contributed by atoms with Gasteiger partial charge in [-0.25, -0.2) is 9.37 Å². The molecule has 2 aliphatic heterocycles. The van der Waals surface area contributed by atoms with E-state index in [2.05, 4.69) is 14.9 Å². The summed E-state index contributed by atoms with van der Waals surface area (Å²) >= 11 is 0. The first kappa shape index (κ1) is 17.1. The first-order valence-electron chi connectivity index (χ1n) is 9.59. The normalized spacial score (nSPS) is 24.0. The van der Waals surface area contributed by atoms with E-state index < -0.39 is 0 Å². The van der Waals surface area contributed by atoms with Gasteiger partial charge in [0.15, 0.2) is 0 Å². The number of anilines is 1. The van der Waals surface area contributed by atoms with Crippen LogP contribution in [0, 0.1) is 17.7 Å². The van der Waals surface area contributed by atoms with Gasteiger partial charge in [-0.3, -0.25) is 9.78 Å². The fraction of sp³-hybridized carbons (Fsp3) is 0.318. The number of amides is 1. The van der Waals surface area contributed by atoms with E-state index in [-0.39, 0.29) is 23.7 Å². The van der Waals surface area contributed by atoms with Gasteiger partial charge in [-0.1, -0.05) is 12.1 Å². The Labute approximate surface area is 162 Å². The molecule has 0 spiro atoms. The second-order valence-corrected chi connectivity index (χ2v) is 7.70. The molecule has 4 heterocycles. The van der Waals surface area contributed by atoms with Crippen LogP contribution in [0.25, 0.3) is 10.9 Å². The third-order valence-electron chi connectivity index (χ3n) is 6.07. The maximum atomic E-state index is 13.9. The predicted octanol–water partition coefficient (Wildman–Crippen LogP) is 3.42. The molecule has 2 aliphatic rings. The molecule has 0 N–H and O–H groups in total. The maximum absolute atomic E-state index is 13.9. The van der Waals surface area contributed by atoms with Crippen molar-refractivity contribution in [3.63, 3.8) is 0 Å². The lowest BCUT2D eigenvalue weighted by Crippen LogP contribution is -2.34. The van der Waals surface area contributed by atoms with Crippen LogP contribution in [0.3, 0.4) is 0 Å². The highest BCUT2D eigenvalue weighted by Gasteiger charge is 2.48. The molecule has 28 heavy (non-hydrogen) atoms. The Morgan fingerprint density at radius 1 is 1.07 bits per heavy atom. The van der Waals surface area contributed by atoms with Gasteiger partial charge in [0.05, 0.1) is 11.6 Å². The van der Waals surface area contributed by atoms with Crippen molar-refractivity contribution in [2.75, 3.05) is 24.5 Å². The van der Waals surface area contributed by atoms with E-state index in [1.165, 1.54) is 6.07 Å². The molecular formula is C22H21FN4O. The third kappa shape index (κ3) is 2.71. The molecule has 5 nitrogen and oxygen atoms in total. The summed E-state index contributed by atoms with van der Waals surface area (Å²) in [6.45, 7) is 3.92. The number of nitrogens with zero attached hydrogens (tertiary/aromatic N) is 4. The van der Waals surface area contributed by atoms with Crippen LogP contribution in [-0.4, -0.2) is 40.4 Å². The average Bonchev–Trinajstić information content (AvgIpc) is 3.25. The van der Waals surface area contributed by atoms with Crippen molar-refractivity contribution in [2.24, 2.45) is 11.8 Å². The Bertz CT molecular complexity index is 1050. The number of fused-ring (bicyclic) bond motifs is 2. The molecule has 0 aliphatic carbocycles. The Balaban J connectivity index is 1.50. The van der Waals surface area contributed by atoms with Gasteiger partial charge in [0.1, 0.15) is 11.6 Å². The lowest BCUT2D eigenvalue weighted by molar-refractivity contribution is -0.130. The molecule has 1 amide bonds. The summed E-state index contributed by atoms with van der Waals surface area (Å²) in [5.74, 6) is 1.31. The van der Waals surface area contributed by atoms with Crippen LogP contribution in [0.4, 0.5) is 10.2 Å². The Morgan fingerprint density at radius 3 is 2.79 bits per heavy atom. The highest BCUT2D eigenvalue weighted by Crippen LogP contribution is 2.46. The van der Waals surface area contributed by atoms with Gasteiger partial charge < -0.3 is 9.80 Å². The number of likely N-dealkylation sites (tertiary alicyclic amines) is 1. The molecule has 142 valence electrons. The smallest absolute Gasteiger partial charge is 0.219 e. The minimum atomic E-state index is -0.263. The van der Waals surface area contributed by atoms with Crippen molar-refractivity contribution < 1.29 is 9.18 Å². The third-order valence-corrected chi connectivity index (χ3v) is 6.07. The summed E-state index contributed by atoms with van der Waals surface area (Å²) < 4.78 is 13.9. The van der Waals surface area contributed by atoms with Gasteiger partial charge in [0, 0.05) is 56.2 Å². The highest BCUT2D eigenvalue weighted by molar-refractivity contribution is 5.89. The molecule has 2 fully saturated rings. The number of aromatic nitrogens is 2. The molecule has 1 aromatic carbocycles. The molecule has 6 heteroatoms. The quantitative estimate of drug-likeness (QED) is 0.688. The lowest BCUT2D eigenvalue weighted by Gasteiger charge is -2.29. The number of rotatable bonds is 2. The maximum Gasteiger partial charge on any atom is 0.219 e. The van der Waals surface area contributed by atoms with Crippen molar-refractivity contribution in [1.29, 1.82) is 0 Å². The first-order valence-corrected chi connectivity index (χ1v) is 9.59. The summed E-state index contributed by atoms with van der Waals surface area (Å²) in [6.07, 6.45) is 3.58. The second kappa shape index (κ2) is 6.55. The second-order valence-electron chi connectivity index (χ2n) is 7.70. The molecule has 0 bridgehead atoms. The fourth-order valence-corrected chi connectivity index (χ4v) is 4.90. The van der Waals surface area contributed by atoms with Crippen molar-refractivity contribution in [2.45, 2.75) is 13.0 Å². The number of hydrogen-bond acceptors (Lipinski definition) is 4. The highest BCUT2D eigenvalue weighted by atomic mass is 19.1. The number of hydrogen-bond donors (Lipinski definition) is 0. The van der Waals surface area contributed by atoms with E-state index in [0.717, 1.165) is 35.4 Å². The Hall–Kier alpha value is -3.02. The van der Waals surface area contributed by atoms with Gasteiger partial charge in [0.2, 0.25) is 5.91 Å². The Morgan fingerprint density at radius 2 is 1.96 bits per heavy atom. The zero-order chi connectivity index (χ0) is 19.3. The minimum absolute atomic E-state index is 0.0442. The van der Waals surface area contributed by atoms with E-state index in [4.69, 9.17) is 0 Å². The topological polar surface area (TPSA) is 49.3 Å². The van der Waals surface area contributed by atoms with Crippen LogP contribution in [-0.2, 0) is 4.79 Å². The summed E-state index contributed by atoms with van der Waals surface area (Å²) in [4.78, 5) is 25.5. The SMILES string of the molecule is CC(=O)N1C[C@H]2CN(c3nccc4ncccc34)C[C@H]2[C@H]1c1cccc(F)c1. The molecular weight excluding hydrogens is 355 g/mol. The van der Waals surface area contributed by atoms with Crippen LogP contribution in [0.1, 0.15) is 18.5 Å². The zero-order valence-electron chi connectivity index (χ0n) is 15.6. The first-order chi connectivity index (χ1) is 13.6. The van der Waals surface area contributed by atoms with Gasteiger partial charge in [0.25, 0.3) is 0 Å². The van der Waals surface area contributed by atoms with Crippen LogP contribution >= 0.6 is 0 Å². The van der Waals surface area contributed by atoms with Gasteiger partial charge >= 0.3 is 0 Å². The largest absolute Gasteiger partial charge is 0.355 e. The summed E-state index contributed by atoms with van der Waals surface area (Å²) in [5.41, 5.74) is 1.80. The summed E-state index contributed by atoms with van der Waals surface area (Å²) in [5, 5.41) is 1.04. The van der Waals surface area contributed by atoms with E-state index in [1.807, 2.05) is 29.2 Å².